The molecule has 3 rings (SSSR count). The Kier molecular flexibility index (Phi) is 3.49. The van der Waals surface area contributed by atoms with Gasteiger partial charge in [-0.05, 0) is 61.4 Å². The van der Waals surface area contributed by atoms with E-state index in [2.05, 4.69) is 23.2 Å². The molecule has 2 heteroatoms. The fraction of sp³-hybridized carbons (Fsp3) is 0.353. The second-order valence-corrected chi connectivity index (χ2v) is 5.27. The SMILES string of the molecule is Cc1ccc(Oc2ccc3c(c2)CCCCC3)nc1. The van der Waals surface area contributed by atoms with Gasteiger partial charge in [-0.15, -0.1) is 0 Å². The van der Waals surface area contributed by atoms with Crippen molar-refractivity contribution in [3.63, 3.8) is 0 Å². The number of pyridine rings is 1. The fourth-order valence-corrected chi connectivity index (χ4v) is 2.59. The van der Waals surface area contributed by atoms with Crippen LogP contribution >= 0.6 is 0 Å². The minimum atomic E-state index is 0.666. The first kappa shape index (κ1) is 12.2. The predicted molar refractivity (Wildman–Crippen MR) is 76.7 cm³/mol. The molecule has 0 amide bonds. The number of nitrogens with zero attached hydrogens (tertiary/aromatic N) is 1. The maximum atomic E-state index is 5.83. The molecular formula is C17H19NO. The lowest BCUT2D eigenvalue weighted by Gasteiger charge is -2.09. The van der Waals surface area contributed by atoms with Crippen molar-refractivity contribution in [1.82, 2.24) is 4.98 Å². The Morgan fingerprint density at radius 2 is 1.79 bits per heavy atom. The molecule has 0 fully saturated rings. The molecule has 0 spiro atoms. The van der Waals surface area contributed by atoms with Crippen LogP contribution in [0.15, 0.2) is 36.5 Å². The van der Waals surface area contributed by atoms with Gasteiger partial charge in [0.05, 0.1) is 0 Å². The lowest BCUT2D eigenvalue weighted by molar-refractivity contribution is 0.462. The smallest absolute Gasteiger partial charge is 0.219 e. The summed E-state index contributed by atoms with van der Waals surface area (Å²) in [5.74, 6) is 1.57. The minimum absolute atomic E-state index is 0.666. The fourth-order valence-electron chi connectivity index (χ4n) is 2.59. The molecule has 2 nitrogen and oxygen atoms in total. The number of aryl methyl sites for hydroxylation is 3. The van der Waals surface area contributed by atoms with Gasteiger partial charge in [0.15, 0.2) is 0 Å². The Morgan fingerprint density at radius 1 is 0.947 bits per heavy atom. The Labute approximate surface area is 114 Å². The van der Waals surface area contributed by atoms with Crippen LogP contribution in [0.3, 0.4) is 0 Å². The van der Waals surface area contributed by atoms with Crippen LogP contribution < -0.4 is 4.74 Å². The number of hydrogen-bond donors (Lipinski definition) is 0. The van der Waals surface area contributed by atoms with E-state index in [1.165, 1.54) is 43.2 Å². The van der Waals surface area contributed by atoms with E-state index in [0.717, 1.165) is 11.3 Å². The maximum Gasteiger partial charge on any atom is 0.219 e. The van der Waals surface area contributed by atoms with E-state index in [1.54, 1.807) is 0 Å². The van der Waals surface area contributed by atoms with E-state index >= 15 is 0 Å². The molecule has 1 heterocycles. The average molecular weight is 253 g/mol. The molecule has 0 radical (unpaired) electrons. The highest BCUT2D eigenvalue weighted by molar-refractivity contribution is 5.38. The van der Waals surface area contributed by atoms with Gasteiger partial charge in [0, 0.05) is 12.3 Å². The van der Waals surface area contributed by atoms with E-state index in [0.29, 0.717) is 5.88 Å². The molecule has 1 aromatic carbocycles. The molecule has 0 bridgehead atoms. The van der Waals surface area contributed by atoms with Crippen molar-refractivity contribution in [3.05, 3.63) is 53.2 Å². The summed E-state index contributed by atoms with van der Waals surface area (Å²) >= 11 is 0. The van der Waals surface area contributed by atoms with Gasteiger partial charge in [-0.25, -0.2) is 4.98 Å². The standard InChI is InChI=1S/C17H19NO/c1-13-7-10-17(18-12-13)19-16-9-8-14-5-3-2-4-6-15(14)11-16/h7-12H,2-6H2,1H3. The molecule has 0 N–H and O–H groups in total. The van der Waals surface area contributed by atoms with Crippen LogP contribution in [0.25, 0.3) is 0 Å². The molecule has 0 aliphatic heterocycles. The van der Waals surface area contributed by atoms with Crippen molar-refractivity contribution in [2.45, 2.75) is 39.0 Å². The number of aromatic nitrogens is 1. The number of hydrogen-bond acceptors (Lipinski definition) is 2. The number of rotatable bonds is 2. The summed E-state index contributed by atoms with van der Waals surface area (Å²) in [7, 11) is 0. The van der Waals surface area contributed by atoms with Gasteiger partial charge in [0.1, 0.15) is 5.75 Å². The second-order valence-electron chi connectivity index (χ2n) is 5.27. The van der Waals surface area contributed by atoms with Gasteiger partial charge in [-0.3, -0.25) is 0 Å². The average Bonchev–Trinajstić information content (AvgIpc) is 2.66. The van der Waals surface area contributed by atoms with Crippen LogP contribution in [0.2, 0.25) is 0 Å². The van der Waals surface area contributed by atoms with Gasteiger partial charge in [0.25, 0.3) is 0 Å². The first-order valence-corrected chi connectivity index (χ1v) is 7.03. The normalized spacial score (nSPS) is 14.6. The van der Waals surface area contributed by atoms with Gasteiger partial charge in [-0.1, -0.05) is 18.6 Å². The van der Waals surface area contributed by atoms with E-state index < -0.39 is 0 Å². The van der Waals surface area contributed by atoms with Gasteiger partial charge < -0.3 is 4.74 Å². The molecule has 0 atom stereocenters. The van der Waals surface area contributed by atoms with Crippen molar-refractivity contribution in [1.29, 1.82) is 0 Å². The quantitative estimate of drug-likeness (QED) is 0.738. The second kappa shape index (κ2) is 5.43. The summed E-state index contributed by atoms with van der Waals surface area (Å²) in [5.41, 5.74) is 4.08. The third kappa shape index (κ3) is 2.95. The zero-order valence-electron chi connectivity index (χ0n) is 11.4. The van der Waals surface area contributed by atoms with Crippen LogP contribution in [-0.4, -0.2) is 4.98 Å². The molecule has 0 unspecified atom stereocenters. The Bertz CT molecular complexity index is 560. The van der Waals surface area contributed by atoms with E-state index in [4.69, 9.17) is 4.74 Å². The number of fused-ring (bicyclic) bond motifs is 1. The van der Waals surface area contributed by atoms with Crippen molar-refractivity contribution < 1.29 is 4.74 Å². The summed E-state index contributed by atoms with van der Waals surface area (Å²) in [4.78, 5) is 4.28. The van der Waals surface area contributed by atoms with Crippen LogP contribution in [0, 0.1) is 6.92 Å². The lowest BCUT2D eigenvalue weighted by atomic mass is 10.0. The number of ether oxygens (including phenoxy) is 1. The third-order valence-corrected chi connectivity index (χ3v) is 3.68. The zero-order valence-corrected chi connectivity index (χ0v) is 11.4. The molecule has 1 aromatic heterocycles. The molecule has 98 valence electrons. The Balaban J connectivity index is 1.81. The van der Waals surface area contributed by atoms with Crippen molar-refractivity contribution >= 4 is 0 Å². The highest BCUT2D eigenvalue weighted by Crippen LogP contribution is 2.27. The zero-order chi connectivity index (χ0) is 13.1. The highest BCUT2D eigenvalue weighted by atomic mass is 16.5. The Hall–Kier alpha value is -1.83. The van der Waals surface area contributed by atoms with E-state index in [1.807, 2.05) is 25.3 Å². The van der Waals surface area contributed by atoms with Crippen molar-refractivity contribution in [2.24, 2.45) is 0 Å². The monoisotopic (exact) mass is 253 g/mol. The highest BCUT2D eigenvalue weighted by Gasteiger charge is 2.09. The van der Waals surface area contributed by atoms with Crippen LogP contribution in [0.5, 0.6) is 11.6 Å². The maximum absolute atomic E-state index is 5.83. The largest absolute Gasteiger partial charge is 0.439 e. The number of benzene rings is 1. The van der Waals surface area contributed by atoms with Gasteiger partial charge >= 0.3 is 0 Å². The lowest BCUT2D eigenvalue weighted by Crippen LogP contribution is -1.93. The predicted octanol–water partition coefficient (Wildman–Crippen LogP) is 4.45. The van der Waals surface area contributed by atoms with Gasteiger partial charge in [0.2, 0.25) is 5.88 Å². The van der Waals surface area contributed by atoms with Crippen LogP contribution in [0.4, 0.5) is 0 Å². The van der Waals surface area contributed by atoms with Crippen LogP contribution in [-0.2, 0) is 12.8 Å². The molecule has 0 saturated heterocycles. The molecule has 19 heavy (non-hydrogen) atoms. The van der Waals surface area contributed by atoms with E-state index in [9.17, 15) is 0 Å². The molecule has 1 aliphatic carbocycles. The van der Waals surface area contributed by atoms with E-state index in [-0.39, 0.29) is 0 Å². The topological polar surface area (TPSA) is 22.1 Å². The first-order valence-electron chi connectivity index (χ1n) is 7.03. The molecule has 0 saturated carbocycles. The van der Waals surface area contributed by atoms with Crippen molar-refractivity contribution in [3.8, 4) is 11.6 Å². The van der Waals surface area contributed by atoms with Crippen LogP contribution in [0.1, 0.15) is 36.0 Å². The minimum Gasteiger partial charge on any atom is -0.439 e. The summed E-state index contributed by atoms with van der Waals surface area (Å²) < 4.78 is 5.83. The molecule has 2 aromatic rings. The Morgan fingerprint density at radius 3 is 2.58 bits per heavy atom. The van der Waals surface area contributed by atoms with Crippen molar-refractivity contribution in [2.75, 3.05) is 0 Å². The molecule has 1 aliphatic rings. The summed E-state index contributed by atoms with van der Waals surface area (Å²) in [5, 5.41) is 0. The summed E-state index contributed by atoms with van der Waals surface area (Å²) in [6.07, 6.45) is 8.15. The van der Waals surface area contributed by atoms with Gasteiger partial charge in [-0.2, -0.15) is 0 Å². The molecular weight excluding hydrogens is 234 g/mol. The third-order valence-electron chi connectivity index (χ3n) is 3.68. The first-order chi connectivity index (χ1) is 9.31. The summed E-state index contributed by atoms with van der Waals surface area (Å²) in [6, 6.07) is 10.4. The summed E-state index contributed by atoms with van der Waals surface area (Å²) in [6.45, 7) is 2.03.